The Balaban J connectivity index is 2.94. The fourth-order valence-electron chi connectivity index (χ4n) is 1.90. The third-order valence-electron chi connectivity index (χ3n) is 3.19. The van der Waals surface area contributed by atoms with Crippen molar-refractivity contribution < 1.29 is 14.6 Å². The number of morpholine rings is 1. The van der Waals surface area contributed by atoms with Crippen LogP contribution in [0.5, 0.6) is 0 Å². The summed E-state index contributed by atoms with van der Waals surface area (Å²) in [5.74, 6) is 0. The molecule has 1 fully saturated rings. The summed E-state index contributed by atoms with van der Waals surface area (Å²) in [6.45, 7) is 6.89. The molecule has 1 aliphatic rings. The molecule has 0 aromatic rings. The van der Waals surface area contributed by atoms with Crippen LogP contribution in [-0.4, -0.2) is 41.4 Å². The summed E-state index contributed by atoms with van der Waals surface area (Å²) in [6, 6.07) is 2.10. The lowest BCUT2D eigenvalue weighted by atomic mass is 9.73. The van der Waals surface area contributed by atoms with E-state index >= 15 is 0 Å². The second kappa shape index (κ2) is 4.30. The van der Waals surface area contributed by atoms with Gasteiger partial charge in [0.1, 0.15) is 5.60 Å². The molecule has 90 valence electrons. The van der Waals surface area contributed by atoms with Crippen LogP contribution >= 0.6 is 0 Å². The van der Waals surface area contributed by atoms with Gasteiger partial charge in [-0.1, -0.05) is 20.8 Å². The first-order valence-corrected chi connectivity index (χ1v) is 5.31. The third kappa shape index (κ3) is 2.27. The second-order valence-electron chi connectivity index (χ2n) is 5.13. The smallest absolute Gasteiger partial charge is 0.407 e. The number of rotatable bonds is 1. The summed E-state index contributed by atoms with van der Waals surface area (Å²) < 4.78 is 5.72. The van der Waals surface area contributed by atoms with Crippen LogP contribution in [0.3, 0.4) is 0 Å². The molecule has 0 radical (unpaired) electrons. The number of hydrogen-bond acceptors (Lipinski definition) is 3. The molecule has 1 saturated heterocycles. The van der Waals surface area contributed by atoms with Crippen molar-refractivity contribution >= 4 is 6.09 Å². The van der Waals surface area contributed by atoms with E-state index in [0.717, 1.165) is 0 Å². The lowest BCUT2D eigenvalue weighted by Crippen LogP contribution is -2.59. The van der Waals surface area contributed by atoms with Crippen LogP contribution in [0.2, 0.25) is 0 Å². The van der Waals surface area contributed by atoms with Crippen LogP contribution in [0, 0.1) is 16.7 Å². The normalized spacial score (nSPS) is 26.2. The first kappa shape index (κ1) is 12.8. The van der Waals surface area contributed by atoms with Crippen LogP contribution in [-0.2, 0) is 4.74 Å². The molecule has 1 aliphatic heterocycles. The SMILES string of the molecule is CC(C)(C)C1(CC#N)CN(C(=O)O)CCO1. The maximum atomic E-state index is 11.0. The van der Waals surface area contributed by atoms with Gasteiger partial charge >= 0.3 is 6.09 Å². The average Bonchev–Trinajstić information content (AvgIpc) is 2.17. The molecular weight excluding hydrogens is 208 g/mol. The zero-order valence-corrected chi connectivity index (χ0v) is 9.99. The Labute approximate surface area is 95.6 Å². The molecule has 0 aromatic carbocycles. The van der Waals surface area contributed by atoms with Crippen LogP contribution < -0.4 is 0 Å². The highest BCUT2D eigenvalue weighted by atomic mass is 16.5. The number of ether oxygens (including phenoxy) is 1. The lowest BCUT2D eigenvalue weighted by molar-refractivity contribution is -0.155. The van der Waals surface area contributed by atoms with E-state index in [0.29, 0.717) is 13.2 Å². The molecule has 1 N–H and O–H groups in total. The quantitative estimate of drug-likeness (QED) is 0.738. The maximum absolute atomic E-state index is 11.0. The molecule has 1 rings (SSSR count). The second-order valence-corrected chi connectivity index (χ2v) is 5.13. The average molecular weight is 226 g/mol. The van der Waals surface area contributed by atoms with Gasteiger partial charge in [-0.2, -0.15) is 5.26 Å². The molecule has 0 saturated carbocycles. The molecule has 1 amide bonds. The van der Waals surface area contributed by atoms with E-state index < -0.39 is 11.7 Å². The largest absolute Gasteiger partial charge is 0.465 e. The zero-order valence-electron chi connectivity index (χ0n) is 9.99. The summed E-state index contributed by atoms with van der Waals surface area (Å²) in [5, 5.41) is 17.9. The van der Waals surface area contributed by atoms with E-state index in [2.05, 4.69) is 6.07 Å². The number of nitrogens with zero attached hydrogens (tertiary/aromatic N) is 2. The summed E-state index contributed by atoms with van der Waals surface area (Å²) in [7, 11) is 0. The Morgan fingerprint density at radius 3 is 2.69 bits per heavy atom. The monoisotopic (exact) mass is 226 g/mol. The van der Waals surface area contributed by atoms with Crippen LogP contribution in [0.15, 0.2) is 0 Å². The fraction of sp³-hybridized carbons (Fsp3) is 0.818. The lowest BCUT2D eigenvalue weighted by Gasteiger charge is -2.48. The molecule has 0 bridgehead atoms. The third-order valence-corrected chi connectivity index (χ3v) is 3.19. The molecule has 1 heterocycles. The first-order valence-electron chi connectivity index (χ1n) is 5.31. The molecule has 0 spiro atoms. The number of carbonyl (C=O) groups is 1. The molecule has 0 aromatic heterocycles. The summed E-state index contributed by atoms with van der Waals surface area (Å²) in [6.07, 6.45) is -0.741. The minimum Gasteiger partial charge on any atom is -0.465 e. The topological polar surface area (TPSA) is 73.6 Å². The zero-order chi connectivity index (χ0) is 12.4. The highest BCUT2D eigenvalue weighted by molar-refractivity contribution is 5.65. The van der Waals surface area contributed by atoms with E-state index in [4.69, 9.17) is 15.1 Å². The Kier molecular flexibility index (Phi) is 3.44. The van der Waals surface area contributed by atoms with Gasteiger partial charge in [0.05, 0.1) is 25.6 Å². The van der Waals surface area contributed by atoms with Gasteiger partial charge in [-0.05, 0) is 5.41 Å². The standard InChI is InChI=1S/C11H18N2O3/c1-10(2,3)11(4-5-12)8-13(9(14)15)6-7-16-11/h4,6-8H2,1-3H3,(H,14,15). The summed E-state index contributed by atoms with van der Waals surface area (Å²) >= 11 is 0. The molecule has 16 heavy (non-hydrogen) atoms. The minimum atomic E-state index is -0.949. The van der Waals surface area contributed by atoms with Crippen molar-refractivity contribution in [1.82, 2.24) is 4.90 Å². The highest BCUT2D eigenvalue weighted by Gasteiger charge is 2.47. The van der Waals surface area contributed by atoms with E-state index in [1.807, 2.05) is 20.8 Å². The van der Waals surface area contributed by atoms with E-state index in [1.54, 1.807) is 0 Å². The van der Waals surface area contributed by atoms with Gasteiger partial charge in [0.2, 0.25) is 0 Å². The van der Waals surface area contributed by atoms with Gasteiger partial charge in [-0.25, -0.2) is 4.79 Å². The van der Waals surface area contributed by atoms with Gasteiger partial charge in [0, 0.05) is 6.54 Å². The van der Waals surface area contributed by atoms with Crippen LogP contribution in [0.1, 0.15) is 27.2 Å². The summed E-state index contributed by atoms with van der Waals surface area (Å²) in [4.78, 5) is 12.3. The van der Waals surface area contributed by atoms with Crippen molar-refractivity contribution in [3.8, 4) is 6.07 Å². The van der Waals surface area contributed by atoms with Crippen molar-refractivity contribution in [1.29, 1.82) is 5.26 Å². The Morgan fingerprint density at radius 2 is 2.25 bits per heavy atom. The van der Waals surface area contributed by atoms with Gasteiger partial charge in [-0.15, -0.1) is 0 Å². The van der Waals surface area contributed by atoms with Crippen molar-refractivity contribution in [2.45, 2.75) is 32.8 Å². The minimum absolute atomic E-state index is 0.209. The van der Waals surface area contributed by atoms with E-state index in [-0.39, 0.29) is 18.4 Å². The number of nitriles is 1. The molecule has 5 nitrogen and oxygen atoms in total. The van der Waals surface area contributed by atoms with E-state index in [1.165, 1.54) is 4.90 Å². The van der Waals surface area contributed by atoms with Crippen molar-refractivity contribution in [2.75, 3.05) is 19.7 Å². The molecule has 0 aliphatic carbocycles. The van der Waals surface area contributed by atoms with Gasteiger partial charge in [0.15, 0.2) is 0 Å². The van der Waals surface area contributed by atoms with Crippen molar-refractivity contribution in [2.24, 2.45) is 5.41 Å². The highest BCUT2D eigenvalue weighted by Crippen LogP contribution is 2.39. The van der Waals surface area contributed by atoms with Gasteiger partial charge < -0.3 is 14.7 Å². The Bertz CT molecular complexity index is 316. The number of carboxylic acid groups (broad SMARTS) is 1. The van der Waals surface area contributed by atoms with Crippen LogP contribution in [0.25, 0.3) is 0 Å². The Hall–Kier alpha value is -1.28. The van der Waals surface area contributed by atoms with Crippen molar-refractivity contribution in [3.05, 3.63) is 0 Å². The Morgan fingerprint density at radius 1 is 1.62 bits per heavy atom. The van der Waals surface area contributed by atoms with Crippen LogP contribution in [0.4, 0.5) is 4.79 Å². The predicted octanol–water partition coefficient (Wildman–Crippen LogP) is 1.70. The number of amides is 1. The van der Waals surface area contributed by atoms with Gasteiger partial charge in [-0.3, -0.25) is 0 Å². The summed E-state index contributed by atoms with van der Waals surface area (Å²) in [5.41, 5.74) is -0.963. The predicted molar refractivity (Wildman–Crippen MR) is 58.0 cm³/mol. The van der Waals surface area contributed by atoms with E-state index in [9.17, 15) is 4.79 Å². The maximum Gasteiger partial charge on any atom is 0.407 e. The molecule has 1 unspecified atom stereocenters. The first-order chi connectivity index (χ1) is 7.32. The van der Waals surface area contributed by atoms with Gasteiger partial charge in [0.25, 0.3) is 0 Å². The van der Waals surface area contributed by atoms with Crippen molar-refractivity contribution in [3.63, 3.8) is 0 Å². The molecule has 5 heteroatoms. The molecule has 1 atom stereocenters. The fourth-order valence-corrected chi connectivity index (χ4v) is 1.90. The molecular formula is C11H18N2O3. The number of hydrogen-bond donors (Lipinski definition) is 1.